The minimum atomic E-state index is 0.630. The molecule has 0 spiro atoms. The molecule has 1 aliphatic carbocycles. The molecule has 3 rings (SSSR count). The van der Waals surface area contributed by atoms with Gasteiger partial charge in [0, 0.05) is 4.88 Å². The molecule has 0 radical (unpaired) electrons. The van der Waals surface area contributed by atoms with Crippen LogP contribution >= 0.6 is 22.9 Å². The van der Waals surface area contributed by atoms with Crippen molar-refractivity contribution in [2.75, 3.05) is 0 Å². The zero-order valence-electron chi connectivity index (χ0n) is 9.16. The lowest BCUT2D eigenvalue weighted by Crippen LogP contribution is -1.93. The number of aryl methyl sites for hydroxylation is 1. The van der Waals surface area contributed by atoms with Crippen LogP contribution in [0, 0.1) is 0 Å². The first-order valence-corrected chi connectivity index (χ1v) is 6.92. The molecule has 0 aromatic carbocycles. The van der Waals surface area contributed by atoms with E-state index in [1.807, 2.05) is 0 Å². The molecule has 2 heterocycles. The lowest BCUT2D eigenvalue weighted by atomic mass is 9.96. The Morgan fingerprint density at radius 3 is 3.19 bits per heavy atom. The maximum Gasteiger partial charge on any atom is 0.141 e. The van der Waals surface area contributed by atoms with Gasteiger partial charge in [0.1, 0.15) is 16.3 Å². The van der Waals surface area contributed by atoms with Crippen molar-refractivity contribution in [2.45, 2.75) is 38.5 Å². The summed E-state index contributed by atoms with van der Waals surface area (Å²) in [5.41, 5.74) is 1.45. The standard InChI is InChI=1S/C12H13ClN2S/c1-2-3-7-4-5-8-9(7)10-11(13)14-6-15-12(10)16-8/h6-7H,2-5H2,1H3/t7-/m1/s1. The summed E-state index contributed by atoms with van der Waals surface area (Å²) in [5.74, 6) is 0.678. The van der Waals surface area contributed by atoms with Gasteiger partial charge in [-0.3, -0.25) is 0 Å². The Morgan fingerprint density at radius 2 is 2.38 bits per heavy atom. The monoisotopic (exact) mass is 252 g/mol. The van der Waals surface area contributed by atoms with E-state index < -0.39 is 0 Å². The fraction of sp³-hybridized carbons (Fsp3) is 0.500. The summed E-state index contributed by atoms with van der Waals surface area (Å²) in [5, 5.41) is 1.76. The molecule has 84 valence electrons. The molecule has 0 aliphatic heterocycles. The van der Waals surface area contributed by atoms with E-state index >= 15 is 0 Å². The second kappa shape index (κ2) is 3.97. The molecule has 16 heavy (non-hydrogen) atoms. The Labute approximate surface area is 104 Å². The van der Waals surface area contributed by atoms with Crippen molar-refractivity contribution in [3.8, 4) is 0 Å². The number of thiophene rings is 1. The fourth-order valence-electron chi connectivity index (χ4n) is 2.67. The second-order valence-electron chi connectivity index (χ2n) is 4.31. The summed E-state index contributed by atoms with van der Waals surface area (Å²) in [6.07, 6.45) is 6.51. The molecule has 0 unspecified atom stereocenters. The van der Waals surface area contributed by atoms with Gasteiger partial charge in [-0.2, -0.15) is 0 Å². The van der Waals surface area contributed by atoms with Gasteiger partial charge in [-0.25, -0.2) is 9.97 Å². The Bertz CT molecular complexity index is 535. The largest absolute Gasteiger partial charge is 0.225 e. The number of aromatic nitrogens is 2. The molecule has 0 saturated heterocycles. The minimum Gasteiger partial charge on any atom is -0.225 e. The van der Waals surface area contributed by atoms with Crippen LogP contribution in [0.25, 0.3) is 10.2 Å². The molecule has 2 aromatic heterocycles. The normalized spacial score (nSPS) is 19.2. The first-order valence-electron chi connectivity index (χ1n) is 5.73. The average Bonchev–Trinajstić information content (AvgIpc) is 2.79. The van der Waals surface area contributed by atoms with Crippen molar-refractivity contribution in [1.29, 1.82) is 0 Å². The minimum absolute atomic E-state index is 0.630. The van der Waals surface area contributed by atoms with Gasteiger partial charge in [-0.05, 0) is 30.7 Å². The van der Waals surface area contributed by atoms with Crippen LogP contribution in [0.3, 0.4) is 0 Å². The number of nitrogens with zero attached hydrogens (tertiary/aromatic N) is 2. The van der Waals surface area contributed by atoms with E-state index in [-0.39, 0.29) is 0 Å². The van der Waals surface area contributed by atoms with Gasteiger partial charge >= 0.3 is 0 Å². The second-order valence-corrected chi connectivity index (χ2v) is 5.75. The maximum absolute atomic E-state index is 6.20. The number of hydrogen-bond donors (Lipinski definition) is 0. The van der Waals surface area contributed by atoms with Gasteiger partial charge in [-0.1, -0.05) is 24.9 Å². The Hall–Kier alpha value is -0.670. The van der Waals surface area contributed by atoms with Crippen molar-refractivity contribution >= 4 is 33.2 Å². The molecule has 0 N–H and O–H groups in total. The molecule has 2 aromatic rings. The maximum atomic E-state index is 6.20. The van der Waals surface area contributed by atoms with E-state index in [1.165, 1.54) is 36.1 Å². The summed E-state index contributed by atoms with van der Waals surface area (Å²) in [6, 6.07) is 0. The molecule has 4 heteroatoms. The SMILES string of the molecule is CCC[C@@H]1CCc2sc3ncnc(Cl)c3c21. The van der Waals surface area contributed by atoms with E-state index in [9.17, 15) is 0 Å². The summed E-state index contributed by atoms with van der Waals surface area (Å²) < 4.78 is 0. The number of halogens is 1. The molecular formula is C12H13ClN2S. The quantitative estimate of drug-likeness (QED) is 0.750. The number of hydrogen-bond acceptors (Lipinski definition) is 3. The van der Waals surface area contributed by atoms with E-state index in [0.29, 0.717) is 11.1 Å². The van der Waals surface area contributed by atoms with Gasteiger partial charge in [0.25, 0.3) is 0 Å². The van der Waals surface area contributed by atoms with E-state index in [4.69, 9.17) is 11.6 Å². The molecule has 1 aliphatic rings. The van der Waals surface area contributed by atoms with E-state index in [2.05, 4.69) is 16.9 Å². The van der Waals surface area contributed by atoms with Crippen LogP contribution in [0.4, 0.5) is 0 Å². The van der Waals surface area contributed by atoms with Gasteiger partial charge in [-0.15, -0.1) is 11.3 Å². The van der Waals surface area contributed by atoms with Crippen molar-refractivity contribution in [1.82, 2.24) is 9.97 Å². The van der Waals surface area contributed by atoms with Crippen molar-refractivity contribution < 1.29 is 0 Å². The Balaban J connectivity index is 2.22. The zero-order chi connectivity index (χ0) is 11.1. The van der Waals surface area contributed by atoms with Crippen molar-refractivity contribution in [3.63, 3.8) is 0 Å². The average molecular weight is 253 g/mol. The van der Waals surface area contributed by atoms with Crippen molar-refractivity contribution in [3.05, 3.63) is 21.9 Å². The number of fused-ring (bicyclic) bond motifs is 3. The van der Waals surface area contributed by atoms with Crippen LogP contribution < -0.4 is 0 Å². The third-order valence-electron chi connectivity index (χ3n) is 3.32. The predicted molar refractivity (Wildman–Crippen MR) is 68.4 cm³/mol. The lowest BCUT2D eigenvalue weighted by Gasteiger charge is -2.09. The molecule has 1 atom stereocenters. The molecule has 0 bridgehead atoms. The summed E-state index contributed by atoms with van der Waals surface area (Å²) in [6.45, 7) is 2.24. The highest BCUT2D eigenvalue weighted by Crippen LogP contribution is 2.46. The first kappa shape index (κ1) is 10.5. The Kier molecular flexibility index (Phi) is 2.60. The smallest absolute Gasteiger partial charge is 0.141 e. The number of rotatable bonds is 2. The molecular weight excluding hydrogens is 240 g/mol. The highest BCUT2D eigenvalue weighted by Gasteiger charge is 2.28. The van der Waals surface area contributed by atoms with Gasteiger partial charge in [0.15, 0.2) is 0 Å². The van der Waals surface area contributed by atoms with E-state index in [0.717, 1.165) is 10.2 Å². The summed E-state index contributed by atoms with van der Waals surface area (Å²) in [7, 11) is 0. The topological polar surface area (TPSA) is 25.8 Å². The van der Waals surface area contributed by atoms with Crippen molar-refractivity contribution in [2.24, 2.45) is 0 Å². The van der Waals surface area contributed by atoms with Crippen LogP contribution in [-0.2, 0) is 6.42 Å². The highest BCUT2D eigenvalue weighted by atomic mass is 35.5. The predicted octanol–water partition coefficient (Wildman–Crippen LogP) is 4.17. The first-order chi connectivity index (χ1) is 7.81. The highest BCUT2D eigenvalue weighted by molar-refractivity contribution is 7.19. The third-order valence-corrected chi connectivity index (χ3v) is 4.78. The Morgan fingerprint density at radius 1 is 1.50 bits per heavy atom. The van der Waals surface area contributed by atoms with Gasteiger partial charge in [0.2, 0.25) is 0 Å². The molecule has 2 nitrogen and oxygen atoms in total. The third kappa shape index (κ3) is 1.45. The lowest BCUT2D eigenvalue weighted by molar-refractivity contribution is 0.611. The van der Waals surface area contributed by atoms with Crippen LogP contribution in [-0.4, -0.2) is 9.97 Å². The van der Waals surface area contributed by atoms with Gasteiger partial charge in [0.05, 0.1) is 5.39 Å². The van der Waals surface area contributed by atoms with Crippen LogP contribution in [0.1, 0.15) is 42.5 Å². The molecule has 0 saturated carbocycles. The van der Waals surface area contributed by atoms with Crippen LogP contribution in [0.15, 0.2) is 6.33 Å². The molecule has 0 fully saturated rings. The zero-order valence-corrected chi connectivity index (χ0v) is 10.7. The summed E-state index contributed by atoms with van der Waals surface area (Å²) >= 11 is 8.00. The van der Waals surface area contributed by atoms with Crippen LogP contribution in [0.5, 0.6) is 0 Å². The summed E-state index contributed by atoms with van der Waals surface area (Å²) in [4.78, 5) is 11.0. The molecule has 0 amide bonds. The van der Waals surface area contributed by atoms with Gasteiger partial charge < -0.3 is 0 Å². The fourth-order valence-corrected chi connectivity index (χ4v) is 4.20. The van der Waals surface area contributed by atoms with Crippen LogP contribution in [0.2, 0.25) is 5.15 Å². The van der Waals surface area contributed by atoms with E-state index in [1.54, 1.807) is 17.7 Å².